The lowest BCUT2D eigenvalue weighted by molar-refractivity contribution is -0.402. The van der Waals surface area contributed by atoms with Gasteiger partial charge in [-0.1, -0.05) is 36.4 Å². The van der Waals surface area contributed by atoms with Crippen LogP contribution in [0.1, 0.15) is 5.56 Å². The molecule has 1 heterocycles. The van der Waals surface area contributed by atoms with Crippen LogP contribution < -0.4 is 11.1 Å². The van der Waals surface area contributed by atoms with Crippen LogP contribution in [0.4, 0.5) is 5.69 Å². The Morgan fingerprint density at radius 2 is 1.81 bits per heavy atom. The number of hydrogen-bond acceptors (Lipinski definition) is 1. The van der Waals surface area contributed by atoms with Gasteiger partial charge >= 0.3 is 0 Å². The Balaban J connectivity index is 1.71. The van der Waals surface area contributed by atoms with Gasteiger partial charge in [0, 0.05) is 29.2 Å². The first-order valence-electron chi connectivity index (χ1n) is 6.98. The fourth-order valence-corrected chi connectivity index (χ4v) is 2.42. The average Bonchev–Trinajstić information content (AvgIpc) is 2.91. The van der Waals surface area contributed by atoms with E-state index >= 15 is 0 Å². The SMILES string of the molecule is [NH3+]C(Cc1c[nH]c2ccccc12)C(=O)Nc1ccccc1. The summed E-state index contributed by atoms with van der Waals surface area (Å²) in [5.41, 5.74) is 7.00. The second-order valence-electron chi connectivity index (χ2n) is 5.12. The van der Waals surface area contributed by atoms with Crippen molar-refractivity contribution in [1.82, 2.24) is 4.98 Å². The maximum absolute atomic E-state index is 12.2. The predicted octanol–water partition coefficient (Wildman–Crippen LogP) is 1.96. The van der Waals surface area contributed by atoms with Gasteiger partial charge in [-0.15, -0.1) is 0 Å². The summed E-state index contributed by atoms with van der Waals surface area (Å²) in [4.78, 5) is 15.4. The highest BCUT2D eigenvalue weighted by Gasteiger charge is 2.19. The number of benzene rings is 2. The summed E-state index contributed by atoms with van der Waals surface area (Å²) in [5.74, 6) is -0.0634. The van der Waals surface area contributed by atoms with Crippen molar-refractivity contribution in [2.24, 2.45) is 0 Å². The summed E-state index contributed by atoms with van der Waals surface area (Å²) < 4.78 is 0. The highest BCUT2D eigenvalue weighted by atomic mass is 16.2. The van der Waals surface area contributed by atoms with Crippen LogP contribution in [-0.2, 0) is 11.2 Å². The number of carbonyl (C=O) groups is 1. The maximum atomic E-state index is 12.2. The lowest BCUT2D eigenvalue weighted by Crippen LogP contribution is -2.67. The van der Waals surface area contributed by atoms with Crippen LogP contribution in [0.3, 0.4) is 0 Å². The number of aromatic amines is 1. The topological polar surface area (TPSA) is 72.5 Å². The molecule has 3 rings (SSSR count). The maximum Gasteiger partial charge on any atom is 0.282 e. The number of para-hydroxylation sites is 2. The Hall–Kier alpha value is -2.59. The third-order valence-corrected chi connectivity index (χ3v) is 3.55. The highest BCUT2D eigenvalue weighted by molar-refractivity contribution is 5.94. The van der Waals surface area contributed by atoms with Crippen molar-refractivity contribution >= 4 is 22.5 Å². The third-order valence-electron chi connectivity index (χ3n) is 3.55. The second kappa shape index (κ2) is 5.81. The van der Waals surface area contributed by atoms with Crippen LogP contribution in [0.2, 0.25) is 0 Å². The van der Waals surface area contributed by atoms with Crippen LogP contribution >= 0.6 is 0 Å². The first-order chi connectivity index (χ1) is 10.2. The second-order valence-corrected chi connectivity index (χ2v) is 5.12. The summed E-state index contributed by atoms with van der Waals surface area (Å²) >= 11 is 0. The molecule has 106 valence electrons. The molecule has 0 fully saturated rings. The van der Waals surface area contributed by atoms with Crippen molar-refractivity contribution in [3.8, 4) is 0 Å². The molecule has 0 aliphatic heterocycles. The summed E-state index contributed by atoms with van der Waals surface area (Å²) in [6.45, 7) is 0. The van der Waals surface area contributed by atoms with Crippen LogP contribution in [0.15, 0.2) is 60.8 Å². The first-order valence-corrected chi connectivity index (χ1v) is 6.98. The van der Waals surface area contributed by atoms with Gasteiger partial charge in [-0.25, -0.2) is 0 Å². The number of aromatic nitrogens is 1. The number of carbonyl (C=O) groups excluding carboxylic acids is 1. The summed E-state index contributed by atoms with van der Waals surface area (Å²) in [7, 11) is 0. The number of H-pyrrole nitrogens is 1. The van der Waals surface area contributed by atoms with Crippen LogP contribution in [0.5, 0.6) is 0 Å². The summed E-state index contributed by atoms with van der Waals surface area (Å²) in [5, 5.41) is 4.04. The van der Waals surface area contributed by atoms with E-state index in [9.17, 15) is 4.79 Å². The van der Waals surface area contributed by atoms with E-state index in [0.29, 0.717) is 6.42 Å². The Morgan fingerprint density at radius 3 is 2.62 bits per heavy atom. The molecule has 5 N–H and O–H groups in total. The highest BCUT2D eigenvalue weighted by Crippen LogP contribution is 2.18. The molecule has 1 amide bonds. The lowest BCUT2D eigenvalue weighted by Gasteiger charge is -2.09. The standard InChI is InChI=1S/C17H17N3O/c18-15(17(21)20-13-6-2-1-3-7-13)10-12-11-19-16-9-5-4-8-14(12)16/h1-9,11,15,19H,10,18H2,(H,20,21)/p+1. The van der Waals surface area contributed by atoms with Crippen molar-refractivity contribution in [2.75, 3.05) is 5.32 Å². The molecule has 0 bridgehead atoms. The van der Waals surface area contributed by atoms with Crippen molar-refractivity contribution in [3.63, 3.8) is 0 Å². The minimum absolute atomic E-state index is 0.0634. The van der Waals surface area contributed by atoms with Gasteiger partial charge < -0.3 is 16.0 Å². The zero-order chi connectivity index (χ0) is 14.7. The predicted molar refractivity (Wildman–Crippen MR) is 83.8 cm³/mol. The first kappa shape index (κ1) is 13.4. The zero-order valence-electron chi connectivity index (χ0n) is 11.7. The lowest BCUT2D eigenvalue weighted by atomic mass is 10.1. The van der Waals surface area contributed by atoms with Crippen molar-refractivity contribution in [2.45, 2.75) is 12.5 Å². The zero-order valence-corrected chi connectivity index (χ0v) is 11.7. The van der Waals surface area contributed by atoms with Gasteiger partial charge in [0.1, 0.15) is 0 Å². The normalized spacial score (nSPS) is 12.2. The molecular formula is C17H18N3O+. The number of quaternary nitrogens is 1. The molecule has 0 aliphatic carbocycles. The molecule has 0 saturated carbocycles. The van der Waals surface area contributed by atoms with Crippen LogP contribution in [0, 0.1) is 0 Å². The molecule has 0 aliphatic rings. The van der Waals surface area contributed by atoms with Crippen molar-refractivity contribution in [3.05, 3.63) is 66.4 Å². The van der Waals surface area contributed by atoms with Gasteiger partial charge in [-0.05, 0) is 23.8 Å². The molecule has 0 radical (unpaired) electrons. The van der Waals surface area contributed by atoms with Gasteiger partial charge in [-0.2, -0.15) is 0 Å². The monoisotopic (exact) mass is 280 g/mol. The molecule has 2 aromatic carbocycles. The van der Waals surface area contributed by atoms with E-state index in [-0.39, 0.29) is 11.9 Å². The molecule has 1 unspecified atom stereocenters. The number of nitrogens with one attached hydrogen (secondary N) is 2. The van der Waals surface area contributed by atoms with Gasteiger partial charge in [0.25, 0.3) is 5.91 Å². The Bertz CT molecular complexity index is 749. The molecule has 0 spiro atoms. The molecule has 21 heavy (non-hydrogen) atoms. The third kappa shape index (κ3) is 2.95. The molecule has 3 aromatic rings. The molecule has 4 heteroatoms. The molecule has 1 atom stereocenters. The summed E-state index contributed by atoms with van der Waals surface area (Å²) in [6.07, 6.45) is 2.57. The smallest absolute Gasteiger partial charge is 0.282 e. The Kier molecular flexibility index (Phi) is 3.71. The number of amides is 1. The molecular weight excluding hydrogens is 262 g/mol. The Morgan fingerprint density at radius 1 is 1.10 bits per heavy atom. The number of fused-ring (bicyclic) bond motifs is 1. The van der Waals surface area contributed by atoms with Crippen molar-refractivity contribution in [1.29, 1.82) is 0 Å². The fourth-order valence-electron chi connectivity index (χ4n) is 2.42. The average molecular weight is 280 g/mol. The number of rotatable bonds is 4. The molecule has 0 saturated heterocycles. The van der Waals surface area contributed by atoms with Crippen molar-refractivity contribution < 1.29 is 10.5 Å². The largest absolute Gasteiger partial charge is 0.361 e. The minimum Gasteiger partial charge on any atom is -0.361 e. The molecule has 4 nitrogen and oxygen atoms in total. The van der Waals surface area contributed by atoms with Crippen LogP contribution in [-0.4, -0.2) is 16.9 Å². The van der Waals surface area contributed by atoms with E-state index in [4.69, 9.17) is 0 Å². The minimum atomic E-state index is -0.329. The molecule has 1 aromatic heterocycles. The Labute approximate surface area is 123 Å². The quantitative estimate of drug-likeness (QED) is 0.671. The van der Waals surface area contributed by atoms with E-state index < -0.39 is 0 Å². The summed E-state index contributed by atoms with van der Waals surface area (Å²) in [6, 6.07) is 17.2. The number of hydrogen-bond donors (Lipinski definition) is 3. The van der Waals surface area contributed by atoms with E-state index in [2.05, 4.69) is 22.1 Å². The van der Waals surface area contributed by atoms with E-state index in [1.165, 1.54) is 0 Å². The van der Waals surface area contributed by atoms with E-state index in [0.717, 1.165) is 22.2 Å². The fraction of sp³-hybridized carbons (Fsp3) is 0.118. The van der Waals surface area contributed by atoms with Gasteiger partial charge in [0.2, 0.25) is 0 Å². The van der Waals surface area contributed by atoms with Gasteiger partial charge in [-0.3, -0.25) is 4.79 Å². The van der Waals surface area contributed by atoms with E-state index in [1.54, 1.807) is 0 Å². The van der Waals surface area contributed by atoms with Gasteiger partial charge in [0.15, 0.2) is 6.04 Å². The van der Waals surface area contributed by atoms with Crippen LogP contribution in [0.25, 0.3) is 10.9 Å². The van der Waals surface area contributed by atoms with Gasteiger partial charge in [0.05, 0.1) is 0 Å². The van der Waals surface area contributed by atoms with E-state index in [1.807, 2.05) is 54.7 Å². The number of anilines is 1.